The molecule has 0 saturated carbocycles. The molecule has 2 heterocycles. The number of rotatable bonds is 15. The van der Waals surface area contributed by atoms with Gasteiger partial charge in [-0.2, -0.15) is 5.26 Å². The molecule has 0 aliphatic rings. The molecule has 0 atom stereocenters. The molecule has 1 aromatic carbocycles. The van der Waals surface area contributed by atoms with Crippen molar-refractivity contribution in [1.29, 1.82) is 5.26 Å². The minimum atomic E-state index is -1.23. The smallest absolute Gasteiger partial charge is 0.279 e. The van der Waals surface area contributed by atoms with Gasteiger partial charge in [0, 0.05) is 48.2 Å². The van der Waals surface area contributed by atoms with Gasteiger partial charge in [-0.15, -0.1) is 0 Å². The first-order valence-corrected chi connectivity index (χ1v) is 16.3. The lowest BCUT2D eigenvalue weighted by molar-refractivity contribution is 0.0843. The number of nitriles is 1. The zero-order valence-corrected chi connectivity index (χ0v) is 23.0. The number of hydrogen-bond acceptors (Lipinski definition) is 6. The Morgan fingerprint density at radius 2 is 1.72 bits per heavy atom. The minimum absolute atomic E-state index is 0.143. The van der Waals surface area contributed by atoms with Crippen molar-refractivity contribution in [1.82, 2.24) is 14.1 Å². The highest BCUT2D eigenvalue weighted by molar-refractivity contribution is 6.76. The second-order valence-electron chi connectivity index (χ2n) is 10.1. The van der Waals surface area contributed by atoms with Gasteiger partial charge in [-0.3, -0.25) is 9.36 Å². The molecule has 2 aromatic heterocycles. The van der Waals surface area contributed by atoms with Crippen LogP contribution in [0.15, 0.2) is 41.5 Å². The molecule has 0 amide bonds. The molecule has 0 N–H and O–H groups in total. The molecule has 194 valence electrons. The van der Waals surface area contributed by atoms with E-state index in [1.54, 1.807) is 7.11 Å². The fraction of sp³-hybridized carbons (Fsp3) is 0.519. The highest BCUT2D eigenvalue weighted by atomic mass is 28.3. The summed E-state index contributed by atoms with van der Waals surface area (Å²) in [6.45, 7) is 10.1. The first-order valence-electron chi connectivity index (χ1n) is 12.6. The molecule has 0 spiro atoms. The summed E-state index contributed by atoms with van der Waals surface area (Å²) < 4.78 is 20.1. The Morgan fingerprint density at radius 1 is 1.00 bits per heavy atom. The van der Waals surface area contributed by atoms with Crippen molar-refractivity contribution in [2.75, 3.05) is 33.5 Å². The maximum Gasteiger partial charge on any atom is 0.279 e. The molecule has 9 heteroatoms. The van der Waals surface area contributed by atoms with Crippen LogP contribution < -0.4 is 5.56 Å². The maximum absolute atomic E-state index is 13.6. The predicted molar refractivity (Wildman–Crippen MR) is 145 cm³/mol. The van der Waals surface area contributed by atoms with Gasteiger partial charge in [0.05, 0.1) is 5.69 Å². The van der Waals surface area contributed by atoms with Crippen LogP contribution in [0.1, 0.15) is 24.8 Å². The molecule has 0 bridgehead atoms. The van der Waals surface area contributed by atoms with Crippen LogP contribution in [0.2, 0.25) is 25.7 Å². The number of hydrogen-bond donors (Lipinski definition) is 0. The van der Waals surface area contributed by atoms with Crippen molar-refractivity contribution < 1.29 is 14.2 Å². The van der Waals surface area contributed by atoms with Gasteiger partial charge >= 0.3 is 0 Å². The molecule has 3 rings (SSSR count). The zero-order valence-electron chi connectivity index (χ0n) is 22.0. The van der Waals surface area contributed by atoms with Gasteiger partial charge in [0.15, 0.2) is 0 Å². The lowest BCUT2D eigenvalue weighted by atomic mass is 10.1. The second kappa shape index (κ2) is 13.5. The fourth-order valence-corrected chi connectivity index (χ4v) is 4.76. The Kier molecular flexibility index (Phi) is 10.4. The van der Waals surface area contributed by atoms with Gasteiger partial charge < -0.3 is 18.8 Å². The van der Waals surface area contributed by atoms with Crippen molar-refractivity contribution in [2.24, 2.45) is 0 Å². The molecule has 3 aromatic rings. The molecule has 0 aliphatic carbocycles. The molecular weight excluding hydrogens is 472 g/mol. The summed E-state index contributed by atoms with van der Waals surface area (Å²) >= 11 is 0. The third-order valence-electron chi connectivity index (χ3n) is 5.97. The number of nitrogens with zero attached hydrogens (tertiary/aromatic N) is 4. The lowest BCUT2D eigenvalue weighted by Gasteiger charge is -2.16. The molecule has 0 aliphatic heterocycles. The number of methoxy groups -OCH3 is 1. The van der Waals surface area contributed by atoms with E-state index < -0.39 is 8.07 Å². The van der Waals surface area contributed by atoms with Crippen LogP contribution >= 0.6 is 0 Å². The standard InChI is InChI=1S/C27H38N4O4Si/c1-33-14-8-9-15-34-16-10-13-31-25(22-11-6-5-7-12-22)23(19-28)24-26(31)27(32)30(20-29-24)21-35-17-18-36(2,3)4/h5-7,11-12,20H,8-10,13-18,21H2,1-4H3. The van der Waals surface area contributed by atoms with Crippen LogP contribution in [0, 0.1) is 11.3 Å². The number of unbranched alkanes of at least 4 members (excludes halogenated alkanes) is 1. The summed E-state index contributed by atoms with van der Waals surface area (Å²) in [5, 5.41) is 10.0. The molecule has 0 radical (unpaired) electrons. The summed E-state index contributed by atoms with van der Waals surface area (Å²) in [7, 11) is 0.473. The molecule has 0 fully saturated rings. The quantitative estimate of drug-likeness (QED) is 0.214. The normalized spacial score (nSPS) is 11.8. The topological polar surface area (TPSA) is 91.3 Å². The highest BCUT2D eigenvalue weighted by Crippen LogP contribution is 2.31. The summed E-state index contributed by atoms with van der Waals surface area (Å²) in [6, 6.07) is 13.0. The minimum Gasteiger partial charge on any atom is -0.385 e. The molecule has 0 unspecified atom stereocenters. The van der Waals surface area contributed by atoms with Gasteiger partial charge in [0.25, 0.3) is 5.56 Å². The van der Waals surface area contributed by atoms with E-state index in [1.807, 2.05) is 34.9 Å². The first kappa shape index (κ1) is 27.8. The van der Waals surface area contributed by atoms with Gasteiger partial charge in [-0.25, -0.2) is 4.98 Å². The Bertz CT molecular complexity index is 1210. The Balaban J connectivity index is 1.88. The summed E-state index contributed by atoms with van der Waals surface area (Å²) in [5.41, 5.74) is 2.68. The van der Waals surface area contributed by atoms with Crippen LogP contribution in [0.3, 0.4) is 0 Å². The van der Waals surface area contributed by atoms with E-state index in [-0.39, 0.29) is 12.3 Å². The van der Waals surface area contributed by atoms with E-state index in [4.69, 9.17) is 14.2 Å². The van der Waals surface area contributed by atoms with E-state index in [0.29, 0.717) is 49.4 Å². The van der Waals surface area contributed by atoms with Crippen LogP contribution in [0.5, 0.6) is 0 Å². The van der Waals surface area contributed by atoms with E-state index >= 15 is 0 Å². The van der Waals surface area contributed by atoms with Crippen molar-refractivity contribution in [3.8, 4) is 17.3 Å². The summed E-state index contributed by atoms with van der Waals surface area (Å²) in [4.78, 5) is 18.1. The van der Waals surface area contributed by atoms with E-state index in [1.165, 1.54) is 10.9 Å². The average molecular weight is 511 g/mol. The number of ether oxygens (including phenoxy) is 3. The molecule has 8 nitrogen and oxygen atoms in total. The average Bonchev–Trinajstić information content (AvgIpc) is 3.18. The maximum atomic E-state index is 13.6. The Hall–Kier alpha value is -2.77. The zero-order chi connectivity index (χ0) is 26.0. The molecule has 36 heavy (non-hydrogen) atoms. The third kappa shape index (κ3) is 7.37. The summed E-state index contributed by atoms with van der Waals surface area (Å²) in [5.74, 6) is 0. The van der Waals surface area contributed by atoms with Crippen molar-refractivity contribution >= 4 is 19.1 Å². The van der Waals surface area contributed by atoms with Gasteiger partial charge in [-0.05, 0) is 30.9 Å². The van der Waals surface area contributed by atoms with Crippen molar-refractivity contribution in [3.05, 3.63) is 52.6 Å². The fourth-order valence-electron chi connectivity index (χ4n) is 4.00. The largest absolute Gasteiger partial charge is 0.385 e. The second-order valence-corrected chi connectivity index (χ2v) is 15.7. The van der Waals surface area contributed by atoms with Crippen LogP contribution in [0.25, 0.3) is 22.3 Å². The first-order chi connectivity index (χ1) is 17.4. The monoisotopic (exact) mass is 510 g/mol. The van der Waals surface area contributed by atoms with E-state index in [2.05, 4.69) is 30.7 Å². The number of fused-ring (bicyclic) bond motifs is 1. The van der Waals surface area contributed by atoms with E-state index in [9.17, 15) is 10.1 Å². The summed E-state index contributed by atoms with van der Waals surface area (Å²) in [6.07, 6.45) is 4.11. The molecule has 0 saturated heterocycles. The highest BCUT2D eigenvalue weighted by Gasteiger charge is 2.23. The van der Waals surface area contributed by atoms with Crippen molar-refractivity contribution in [3.63, 3.8) is 0 Å². The predicted octanol–water partition coefficient (Wildman–Crippen LogP) is 4.88. The number of benzene rings is 1. The number of aryl methyl sites for hydroxylation is 1. The third-order valence-corrected chi connectivity index (χ3v) is 7.67. The SMILES string of the molecule is COCCCCOCCCn1c(-c2ccccc2)c(C#N)c2ncn(COCC[Si](C)(C)C)c(=O)c21. The van der Waals surface area contributed by atoms with Gasteiger partial charge in [0.1, 0.15) is 35.7 Å². The Morgan fingerprint density at radius 3 is 2.42 bits per heavy atom. The van der Waals surface area contributed by atoms with Crippen molar-refractivity contribution in [2.45, 2.75) is 58.2 Å². The molecular formula is C27H38N4O4Si. The van der Waals surface area contributed by atoms with Crippen LogP contribution in [-0.2, 0) is 27.5 Å². The lowest BCUT2D eigenvalue weighted by Crippen LogP contribution is -2.26. The van der Waals surface area contributed by atoms with Gasteiger partial charge in [0.2, 0.25) is 0 Å². The Labute approximate surface area is 214 Å². The van der Waals surface area contributed by atoms with Crippen LogP contribution in [0.4, 0.5) is 0 Å². The number of aromatic nitrogens is 3. The van der Waals surface area contributed by atoms with E-state index in [0.717, 1.165) is 36.8 Å². The van der Waals surface area contributed by atoms with Gasteiger partial charge in [-0.1, -0.05) is 50.0 Å². The van der Waals surface area contributed by atoms with Crippen LogP contribution in [-0.4, -0.2) is 55.7 Å².